The van der Waals surface area contributed by atoms with E-state index in [2.05, 4.69) is 6.07 Å². The number of hydrogen-bond acceptors (Lipinski definition) is 4. The molecule has 0 saturated carbocycles. The lowest BCUT2D eigenvalue weighted by atomic mass is 9.92. The summed E-state index contributed by atoms with van der Waals surface area (Å²) >= 11 is 0. The van der Waals surface area contributed by atoms with Crippen molar-refractivity contribution < 1.29 is 14.3 Å². The molecule has 0 aliphatic carbocycles. The number of rotatable bonds is 7. The van der Waals surface area contributed by atoms with Crippen LogP contribution in [0.2, 0.25) is 0 Å². The summed E-state index contributed by atoms with van der Waals surface area (Å²) in [4.78, 5) is 12.2. The van der Waals surface area contributed by atoms with E-state index in [1.54, 1.807) is 24.3 Å². The van der Waals surface area contributed by atoms with Crippen LogP contribution in [0.25, 0.3) is 0 Å². The normalized spacial score (nSPS) is 19.0. The highest BCUT2D eigenvalue weighted by atomic mass is 16.5. The van der Waals surface area contributed by atoms with Gasteiger partial charge in [-0.05, 0) is 43.9 Å². The van der Waals surface area contributed by atoms with Crippen LogP contribution in [0, 0.1) is 11.3 Å². The molecule has 1 aromatic carbocycles. The molecule has 1 heterocycles. The number of ether oxygens (including phenoxy) is 2. The van der Waals surface area contributed by atoms with Crippen molar-refractivity contribution in [3.63, 3.8) is 0 Å². The van der Waals surface area contributed by atoms with Crippen LogP contribution in [-0.2, 0) is 9.53 Å². The number of nitriles is 1. The van der Waals surface area contributed by atoms with Gasteiger partial charge in [-0.1, -0.05) is 12.1 Å². The molecule has 4 nitrogen and oxygen atoms in total. The molecule has 0 spiro atoms. The van der Waals surface area contributed by atoms with Gasteiger partial charge in [-0.15, -0.1) is 0 Å². The highest BCUT2D eigenvalue weighted by Gasteiger charge is 2.23. The van der Waals surface area contributed by atoms with E-state index in [0.717, 1.165) is 30.8 Å². The number of benzene rings is 1. The van der Waals surface area contributed by atoms with Crippen molar-refractivity contribution in [2.24, 2.45) is 0 Å². The van der Waals surface area contributed by atoms with E-state index in [1.165, 1.54) is 0 Å². The summed E-state index contributed by atoms with van der Waals surface area (Å²) in [5.41, 5.74) is 0.735. The molecule has 112 valence electrons. The summed E-state index contributed by atoms with van der Waals surface area (Å²) in [6.07, 6.45) is 3.39. The first-order valence-electron chi connectivity index (χ1n) is 7.51. The average molecular weight is 287 g/mol. The predicted molar refractivity (Wildman–Crippen MR) is 79.2 cm³/mol. The van der Waals surface area contributed by atoms with Crippen molar-refractivity contribution in [3.05, 3.63) is 29.8 Å². The van der Waals surface area contributed by atoms with Crippen molar-refractivity contribution in [1.29, 1.82) is 5.26 Å². The van der Waals surface area contributed by atoms with E-state index in [9.17, 15) is 10.1 Å². The Kier molecular flexibility index (Phi) is 5.77. The zero-order chi connectivity index (χ0) is 15.1. The highest BCUT2D eigenvalue weighted by Crippen LogP contribution is 2.24. The number of Topliss-reactive ketones (excluding diaryl/α,β-unsaturated/α-hetero) is 1. The Balaban J connectivity index is 1.94. The molecular weight excluding hydrogens is 266 g/mol. The average Bonchev–Trinajstić information content (AvgIpc) is 3.01. The molecule has 0 aromatic heterocycles. The van der Waals surface area contributed by atoms with Gasteiger partial charge in [-0.3, -0.25) is 4.79 Å². The molecule has 1 aromatic rings. The fourth-order valence-corrected chi connectivity index (χ4v) is 2.58. The van der Waals surface area contributed by atoms with Gasteiger partial charge in [0.1, 0.15) is 11.7 Å². The van der Waals surface area contributed by atoms with E-state index >= 15 is 0 Å². The fourth-order valence-electron chi connectivity index (χ4n) is 2.58. The molecule has 2 unspecified atom stereocenters. The van der Waals surface area contributed by atoms with E-state index in [-0.39, 0.29) is 11.9 Å². The van der Waals surface area contributed by atoms with Crippen LogP contribution >= 0.6 is 0 Å². The Hall–Kier alpha value is -1.86. The minimum absolute atomic E-state index is 0.0304. The van der Waals surface area contributed by atoms with Crippen LogP contribution in [0.15, 0.2) is 24.3 Å². The summed E-state index contributed by atoms with van der Waals surface area (Å²) in [5.74, 6) is 0.0315. The Bertz CT molecular complexity index is 498. The van der Waals surface area contributed by atoms with Crippen LogP contribution in [0.5, 0.6) is 5.75 Å². The van der Waals surface area contributed by atoms with E-state index in [0.29, 0.717) is 19.4 Å². The molecular formula is C17H21NO3. The molecule has 0 bridgehead atoms. The monoisotopic (exact) mass is 287 g/mol. The molecule has 0 radical (unpaired) electrons. The van der Waals surface area contributed by atoms with Gasteiger partial charge >= 0.3 is 0 Å². The lowest BCUT2D eigenvalue weighted by Crippen LogP contribution is -2.14. The van der Waals surface area contributed by atoms with Gasteiger partial charge in [-0.25, -0.2) is 0 Å². The SMILES string of the molecule is CCOc1ccc(C(C#N)C(=O)CCC2CCCO2)cc1. The molecule has 0 N–H and O–H groups in total. The smallest absolute Gasteiger partial charge is 0.154 e. The molecule has 4 heteroatoms. The van der Waals surface area contributed by atoms with Crippen molar-refractivity contribution in [2.75, 3.05) is 13.2 Å². The van der Waals surface area contributed by atoms with Gasteiger partial charge in [0.15, 0.2) is 5.78 Å². The topological polar surface area (TPSA) is 59.3 Å². The quantitative estimate of drug-likeness (QED) is 0.772. The summed E-state index contributed by atoms with van der Waals surface area (Å²) in [6.45, 7) is 3.31. The zero-order valence-corrected chi connectivity index (χ0v) is 12.4. The molecule has 1 fully saturated rings. The summed E-state index contributed by atoms with van der Waals surface area (Å²) < 4.78 is 10.9. The lowest BCUT2D eigenvalue weighted by Gasteiger charge is -2.12. The van der Waals surface area contributed by atoms with E-state index in [1.807, 2.05) is 6.92 Å². The third kappa shape index (κ3) is 4.30. The number of ketones is 1. The first kappa shape index (κ1) is 15.5. The molecule has 1 aliphatic rings. The number of nitrogens with zero attached hydrogens (tertiary/aromatic N) is 1. The van der Waals surface area contributed by atoms with Crippen LogP contribution < -0.4 is 4.74 Å². The molecule has 1 saturated heterocycles. The minimum atomic E-state index is -0.693. The van der Waals surface area contributed by atoms with Crippen molar-refractivity contribution in [3.8, 4) is 11.8 Å². The molecule has 1 aliphatic heterocycles. The van der Waals surface area contributed by atoms with Crippen LogP contribution in [0.3, 0.4) is 0 Å². The Morgan fingerprint density at radius 3 is 2.81 bits per heavy atom. The second kappa shape index (κ2) is 7.80. The summed E-state index contributed by atoms with van der Waals surface area (Å²) in [5, 5.41) is 9.28. The minimum Gasteiger partial charge on any atom is -0.494 e. The number of carbonyl (C=O) groups excluding carboxylic acids is 1. The molecule has 2 atom stereocenters. The van der Waals surface area contributed by atoms with Gasteiger partial charge < -0.3 is 9.47 Å². The third-order valence-electron chi connectivity index (χ3n) is 3.71. The second-order valence-electron chi connectivity index (χ2n) is 5.20. The largest absolute Gasteiger partial charge is 0.494 e. The van der Waals surface area contributed by atoms with Crippen molar-refractivity contribution in [2.45, 2.75) is 44.6 Å². The Labute approximate surface area is 125 Å². The maximum atomic E-state index is 12.2. The van der Waals surface area contributed by atoms with Gasteiger partial charge in [0.05, 0.1) is 18.8 Å². The molecule has 2 rings (SSSR count). The summed E-state index contributed by atoms with van der Waals surface area (Å²) in [7, 11) is 0. The fraction of sp³-hybridized carbons (Fsp3) is 0.529. The zero-order valence-electron chi connectivity index (χ0n) is 12.4. The van der Waals surface area contributed by atoms with Gasteiger partial charge in [0.25, 0.3) is 0 Å². The van der Waals surface area contributed by atoms with Crippen LogP contribution in [0.4, 0.5) is 0 Å². The number of carbonyl (C=O) groups is 1. The maximum absolute atomic E-state index is 12.2. The van der Waals surface area contributed by atoms with Crippen LogP contribution in [-0.4, -0.2) is 25.1 Å². The first-order valence-corrected chi connectivity index (χ1v) is 7.51. The lowest BCUT2D eigenvalue weighted by molar-refractivity contribution is -0.120. The molecule has 21 heavy (non-hydrogen) atoms. The van der Waals surface area contributed by atoms with Crippen LogP contribution in [0.1, 0.15) is 44.1 Å². The van der Waals surface area contributed by atoms with Crippen molar-refractivity contribution >= 4 is 5.78 Å². The van der Waals surface area contributed by atoms with E-state index in [4.69, 9.17) is 9.47 Å². The third-order valence-corrected chi connectivity index (χ3v) is 3.71. The van der Waals surface area contributed by atoms with Gasteiger partial charge in [-0.2, -0.15) is 5.26 Å². The Morgan fingerprint density at radius 1 is 1.48 bits per heavy atom. The van der Waals surface area contributed by atoms with Crippen molar-refractivity contribution in [1.82, 2.24) is 0 Å². The molecule has 0 amide bonds. The standard InChI is InChI=1S/C17H21NO3/c1-2-20-15-7-5-13(6-8-15)16(12-18)17(19)10-9-14-4-3-11-21-14/h5-8,14,16H,2-4,9-11H2,1H3. The predicted octanol–water partition coefficient (Wildman–Crippen LogP) is 3.22. The number of hydrogen-bond donors (Lipinski definition) is 0. The second-order valence-corrected chi connectivity index (χ2v) is 5.20. The summed E-state index contributed by atoms with van der Waals surface area (Å²) in [6, 6.07) is 9.31. The van der Waals surface area contributed by atoms with Gasteiger partial charge in [0.2, 0.25) is 0 Å². The van der Waals surface area contributed by atoms with E-state index < -0.39 is 5.92 Å². The maximum Gasteiger partial charge on any atom is 0.154 e. The Morgan fingerprint density at radius 2 is 2.24 bits per heavy atom. The van der Waals surface area contributed by atoms with Gasteiger partial charge in [0, 0.05) is 13.0 Å². The highest BCUT2D eigenvalue weighted by molar-refractivity contribution is 5.88. The first-order chi connectivity index (χ1) is 10.2.